The molecule has 1 fully saturated rings. The van der Waals surface area contributed by atoms with E-state index in [4.69, 9.17) is 4.74 Å². The van der Waals surface area contributed by atoms with Gasteiger partial charge < -0.3 is 4.74 Å². The quantitative estimate of drug-likeness (QED) is 0.631. The highest BCUT2D eigenvalue weighted by molar-refractivity contribution is 14.1. The molecule has 4 heteroatoms. The summed E-state index contributed by atoms with van der Waals surface area (Å²) in [6.45, 7) is 0. The predicted molar refractivity (Wildman–Crippen MR) is 56.0 cm³/mol. The molecule has 0 aliphatic heterocycles. The lowest BCUT2D eigenvalue weighted by Gasteiger charge is -2.06. The number of aldehydes is 1. The molecular formula is C9H8INO2. The van der Waals surface area contributed by atoms with Crippen molar-refractivity contribution in [2.24, 2.45) is 0 Å². The van der Waals surface area contributed by atoms with E-state index in [0.717, 1.165) is 22.7 Å². The number of hydrogen-bond donors (Lipinski definition) is 0. The van der Waals surface area contributed by atoms with Gasteiger partial charge in [-0.2, -0.15) is 0 Å². The second-order valence-corrected chi connectivity index (χ2v) is 4.13. The number of nitrogens with zero attached hydrogens (tertiary/aromatic N) is 1. The molecule has 1 saturated carbocycles. The first-order valence-electron chi connectivity index (χ1n) is 4.06. The first-order chi connectivity index (χ1) is 6.31. The molecule has 0 saturated heterocycles. The van der Waals surface area contributed by atoms with Gasteiger partial charge in [0.25, 0.3) is 0 Å². The molecule has 0 bridgehead atoms. The lowest BCUT2D eigenvalue weighted by Crippen LogP contribution is -2.01. The lowest BCUT2D eigenvalue weighted by molar-refractivity contribution is 0.111. The van der Waals surface area contributed by atoms with Crippen LogP contribution in [0.4, 0.5) is 0 Å². The van der Waals surface area contributed by atoms with Gasteiger partial charge in [-0.3, -0.25) is 9.78 Å². The molecule has 13 heavy (non-hydrogen) atoms. The second kappa shape index (κ2) is 3.61. The Morgan fingerprint density at radius 1 is 1.54 bits per heavy atom. The lowest BCUT2D eigenvalue weighted by atomic mass is 10.3. The molecule has 1 aromatic rings. The number of carbonyl (C=O) groups is 1. The van der Waals surface area contributed by atoms with Gasteiger partial charge in [0.2, 0.25) is 0 Å². The van der Waals surface area contributed by atoms with Gasteiger partial charge in [0.05, 0.1) is 17.9 Å². The van der Waals surface area contributed by atoms with E-state index in [1.165, 1.54) is 0 Å². The van der Waals surface area contributed by atoms with Gasteiger partial charge >= 0.3 is 0 Å². The summed E-state index contributed by atoms with van der Waals surface area (Å²) < 4.78 is 6.37. The molecule has 1 aromatic heterocycles. The van der Waals surface area contributed by atoms with Gasteiger partial charge in [0.15, 0.2) is 6.29 Å². The SMILES string of the molecule is O=Cc1c(I)cncc1OC1CC1. The van der Waals surface area contributed by atoms with Crippen molar-refractivity contribution in [1.29, 1.82) is 0 Å². The molecule has 0 N–H and O–H groups in total. The third-order valence-electron chi connectivity index (χ3n) is 1.84. The Morgan fingerprint density at radius 3 is 2.92 bits per heavy atom. The van der Waals surface area contributed by atoms with Crippen molar-refractivity contribution in [1.82, 2.24) is 4.98 Å². The molecule has 0 atom stereocenters. The highest BCUT2D eigenvalue weighted by atomic mass is 127. The van der Waals surface area contributed by atoms with Crippen molar-refractivity contribution in [3.63, 3.8) is 0 Å². The molecule has 0 unspecified atom stereocenters. The van der Waals surface area contributed by atoms with Crippen LogP contribution in [0.25, 0.3) is 0 Å². The fourth-order valence-electron chi connectivity index (χ4n) is 1.00. The average Bonchev–Trinajstić information content (AvgIpc) is 2.89. The minimum absolute atomic E-state index is 0.304. The van der Waals surface area contributed by atoms with Crippen LogP contribution >= 0.6 is 22.6 Å². The summed E-state index contributed by atoms with van der Waals surface area (Å²) in [5.74, 6) is 0.615. The van der Waals surface area contributed by atoms with E-state index >= 15 is 0 Å². The molecular weight excluding hydrogens is 281 g/mol. The number of carbonyl (C=O) groups excluding carboxylic acids is 1. The zero-order valence-corrected chi connectivity index (χ0v) is 9.02. The summed E-state index contributed by atoms with van der Waals surface area (Å²) in [5, 5.41) is 0. The fourth-order valence-corrected chi connectivity index (χ4v) is 1.55. The van der Waals surface area contributed by atoms with Gasteiger partial charge in [-0.15, -0.1) is 0 Å². The monoisotopic (exact) mass is 289 g/mol. The Hall–Kier alpha value is -0.650. The minimum Gasteiger partial charge on any atom is -0.488 e. The van der Waals surface area contributed by atoms with Gasteiger partial charge in [-0.1, -0.05) is 0 Å². The minimum atomic E-state index is 0.304. The Balaban J connectivity index is 2.30. The van der Waals surface area contributed by atoms with Gasteiger partial charge in [0.1, 0.15) is 5.75 Å². The summed E-state index contributed by atoms with van der Waals surface area (Å²) in [4.78, 5) is 14.7. The van der Waals surface area contributed by atoms with Crippen LogP contribution in [0.3, 0.4) is 0 Å². The van der Waals surface area contributed by atoms with Crippen LogP contribution in [0.1, 0.15) is 23.2 Å². The van der Waals surface area contributed by atoms with Crippen molar-refractivity contribution in [3.8, 4) is 5.75 Å². The van der Waals surface area contributed by atoms with E-state index in [1.54, 1.807) is 12.4 Å². The highest BCUT2D eigenvalue weighted by Crippen LogP contribution is 2.29. The maximum Gasteiger partial charge on any atom is 0.154 e. The van der Waals surface area contributed by atoms with E-state index in [-0.39, 0.29) is 0 Å². The maximum atomic E-state index is 10.7. The largest absolute Gasteiger partial charge is 0.488 e. The Kier molecular flexibility index (Phi) is 2.48. The number of rotatable bonds is 3. The van der Waals surface area contributed by atoms with Crippen molar-refractivity contribution >= 4 is 28.9 Å². The Morgan fingerprint density at radius 2 is 2.31 bits per heavy atom. The average molecular weight is 289 g/mol. The number of ether oxygens (including phenoxy) is 1. The Labute approximate surface area is 89.6 Å². The van der Waals surface area contributed by atoms with Crippen molar-refractivity contribution in [3.05, 3.63) is 21.5 Å². The number of hydrogen-bond acceptors (Lipinski definition) is 3. The molecule has 1 aliphatic rings. The van der Waals surface area contributed by atoms with Crippen molar-refractivity contribution in [2.75, 3.05) is 0 Å². The molecule has 2 rings (SSSR count). The smallest absolute Gasteiger partial charge is 0.154 e. The van der Waals surface area contributed by atoms with Crippen LogP contribution in [0.5, 0.6) is 5.75 Å². The fraction of sp³-hybridized carbons (Fsp3) is 0.333. The number of pyridine rings is 1. The number of aromatic nitrogens is 1. The van der Waals surface area contributed by atoms with Crippen LogP contribution in [0.15, 0.2) is 12.4 Å². The predicted octanol–water partition coefficient (Wildman–Crippen LogP) is 2.04. The summed E-state index contributed by atoms with van der Waals surface area (Å²) in [6.07, 6.45) is 6.56. The molecule has 3 nitrogen and oxygen atoms in total. The standard InChI is InChI=1S/C9H8INO2/c10-8-3-11-4-9(7(8)5-12)13-6-1-2-6/h3-6H,1-2H2. The van der Waals surface area contributed by atoms with Crippen molar-refractivity contribution in [2.45, 2.75) is 18.9 Å². The second-order valence-electron chi connectivity index (χ2n) is 2.97. The number of halogens is 1. The van der Waals surface area contributed by atoms with E-state index in [1.807, 2.05) is 0 Å². The van der Waals surface area contributed by atoms with E-state index in [2.05, 4.69) is 27.6 Å². The summed E-state index contributed by atoms with van der Waals surface area (Å²) in [5.41, 5.74) is 0.613. The normalized spacial score (nSPS) is 15.5. The van der Waals surface area contributed by atoms with Crippen LogP contribution in [0, 0.1) is 3.57 Å². The molecule has 0 aromatic carbocycles. The molecule has 0 radical (unpaired) electrons. The van der Waals surface area contributed by atoms with Crippen LogP contribution in [0.2, 0.25) is 0 Å². The first-order valence-corrected chi connectivity index (χ1v) is 5.14. The highest BCUT2D eigenvalue weighted by Gasteiger charge is 2.25. The van der Waals surface area contributed by atoms with Crippen molar-refractivity contribution < 1.29 is 9.53 Å². The molecule has 1 aliphatic carbocycles. The zero-order chi connectivity index (χ0) is 9.26. The topological polar surface area (TPSA) is 39.2 Å². The summed E-state index contributed by atoms with van der Waals surface area (Å²) in [6, 6.07) is 0. The zero-order valence-electron chi connectivity index (χ0n) is 6.87. The molecule has 1 heterocycles. The molecule has 68 valence electrons. The van der Waals surface area contributed by atoms with Gasteiger partial charge in [-0.05, 0) is 35.4 Å². The van der Waals surface area contributed by atoms with Gasteiger partial charge in [0, 0.05) is 9.77 Å². The van der Waals surface area contributed by atoms with E-state index in [9.17, 15) is 4.79 Å². The van der Waals surface area contributed by atoms with Gasteiger partial charge in [-0.25, -0.2) is 0 Å². The Bertz CT molecular complexity index is 336. The molecule has 0 amide bonds. The summed E-state index contributed by atoms with van der Waals surface area (Å²) in [7, 11) is 0. The summed E-state index contributed by atoms with van der Waals surface area (Å²) >= 11 is 2.08. The maximum absolute atomic E-state index is 10.7. The third-order valence-corrected chi connectivity index (χ3v) is 2.70. The van der Waals surface area contributed by atoms with E-state index in [0.29, 0.717) is 17.4 Å². The molecule has 0 spiro atoms. The third kappa shape index (κ3) is 1.99. The van der Waals surface area contributed by atoms with Crippen LogP contribution in [-0.4, -0.2) is 17.4 Å². The first kappa shape index (κ1) is 8.93. The van der Waals surface area contributed by atoms with E-state index < -0.39 is 0 Å². The van der Waals surface area contributed by atoms with Crippen LogP contribution < -0.4 is 4.74 Å². The van der Waals surface area contributed by atoms with Crippen LogP contribution in [-0.2, 0) is 0 Å².